The minimum atomic E-state index is -1.08. The maximum Gasteiger partial charge on any atom is 0.436 e. The van der Waals surface area contributed by atoms with E-state index in [1.54, 1.807) is 0 Å². The number of nitrogens with zero attached hydrogens (tertiary/aromatic N) is 2. The first-order chi connectivity index (χ1) is 17.7. The summed E-state index contributed by atoms with van der Waals surface area (Å²) in [6.45, 7) is 13.1. The van der Waals surface area contributed by atoms with E-state index in [9.17, 15) is 19.5 Å². The predicted molar refractivity (Wildman–Crippen MR) is 147 cm³/mol. The van der Waals surface area contributed by atoms with Gasteiger partial charge in [0.15, 0.2) is 5.78 Å². The highest BCUT2D eigenvalue weighted by molar-refractivity contribution is 5.91. The van der Waals surface area contributed by atoms with Gasteiger partial charge in [0, 0.05) is 31.0 Å². The fourth-order valence-electron chi connectivity index (χ4n) is 8.44. The van der Waals surface area contributed by atoms with Crippen LogP contribution >= 0.6 is 0 Å². The normalized spacial score (nSPS) is 35.1. The average molecular weight is 530 g/mol. The topological polar surface area (TPSA) is 108 Å². The molecule has 0 spiro atoms. The Hall–Kier alpha value is -2.22. The van der Waals surface area contributed by atoms with Crippen molar-refractivity contribution in [3.8, 4) is 0 Å². The molecule has 4 rings (SSSR count). The van der Waals surface area contributed by atoms with E-state index in [2.05, 4.69) is 24.3 Å². The molecule has 3 fully saturated rings. The number of carboxylic acids is 1. The summed E-state index contributed by atoms with van der Waals surface area (Å²) in [6, 6.07) is 0. The summed E-state index contributed by atoms with van der Waals surface area (Å²) in [5.41, 5.74) is 2.35. The summed E-state index contributed by atoms with van der Waals surface area (Å²) in [4.78, 5) is 42.7. The number of rotatable bonds is 7. The Bertz CT molecular complexity index is 1010. The maximum absolute atomic E-state index is 12.8. The lowest BCUT2D eigenvalue weighted by molar-refractivity contribution is -0.138. The molecular weight excluding hydrogens is 482 g/mol. The SMILES string of the molecule is C/C(=N\OC(=O)N(CCNC(C)(C)C)CC(=O)O)[C@H]1CC[C@H]2[C@@H]3CCC4=CC(=O)CC[C@]4(C)[C@H]3CC[C@]12C. The van der Waals surface area contributed by atoms with E-state index < -0.39 is 18.6 Å². The smallest absolute Gasteiger partial charge is 0.436 e. The molecule has 2 N–H and O–H groups in total. The molecule has 212 valence electrons. The second kappa shape index (κ2) is 10.7. The lowest BCUT2D eigenvalue weighted by Crippen LogP contribution is -2.51. The Kier molecular flexibility index (Phi) is 8.14. The zero-order valence-corrected chi connectivity index (χ0v) is 24.1. The van der Waals surface area contributed by atoms with E-state index in [-0.39, 0.29) is 28.8 Å². The van der Waals surface area contributed by atoms with Crippen LogP contribution in [0.1, 0.15) is 92.9 Å². The highest BCUT2D eigenvalue weighted by atomic mass is 16.7. The monoisotopic (exact) mass is 529 g/mol. The van der Waals surface area contributed by atoms with Crippen molar-refractivity contribution >= 4 is 23.6 Å². The van der Waals surface area contributed by atoms with Gasteiger partial charge in [-0.3, -0.25) is 19.3 Å². The summed E-state index contributed by atoms with van der Waals surface area (Å²) < 4.78 is 0. The third kappa shape index (κ3) is 5.70. The molecule has 0 aromatic carbocycles. The van der Waals surface area contributed by atoms with Crippen molar-refractivity contribution in [2.24, 2.45) is 39.7 Å². The van der Waals surface area contributed by atoms with Gasteiger partial charge < -0.3 is 10.4 Å². The van der Waals surface area contributed by atoms with Gasteiger partial charge in [-0.05, 0) is 107 Å². The van der Waals surface area contributed by atoms with Crippen molar-refractivity contribution in [2.45, 2.75) is 98.4 Å². The highest BCUT2D eigenvalue weighted by Crippen LogP contribution is 2.66. The van der Waals surface area contributed by atoms with E-state index in [0.29, 0.717) is 36.5 Å². The van der Waals surface area contributed by atoms with Gasteiger partial charge in [0.25, 0.3) is 0 Å². The molecule has 1 amide bonds. The number of carbonyl (C=O) groups excluding carboxylic acids is 2. The summed E-state index contributed by atoms with van der Waals surface area (Å²) in [7, 11) is 0. The van der Waals surface area contributed by atoms with Gasteiger partial charge in [-0.15, -0.1) is 0 Å². The summed E-state index contributed by atoms with van der Waals surface area (Å²) >= 11 is 0. The van der Waals surface area contributed by atoms with Gasteiger partial charge in [0.2, 0.25) is 0 Å². The van der Waals surface area contributed by atoms with Crippen molar-refractivity contribution in [3.63, 3.8) is 0 Å². The molecule has 0 radical (unpaired) electrons. The molecular formula is C30H47N3O5. The van der Waals surface area contributed by atoms with Crippen molar-refractivity contribution in [1.82, 2.24) is 10.2 Å². The fourth-order valence-corrected chi connectivity index (χ4v) is 8.44. The Morgan fingerprint density at radius 2 is 1.87 bits per heavy atom. The van der Waals surface area contributed by atoms with Crippen LogP contribution in [-0.4, -0.2) is 58.7 Å². The molecule has 0 saturated heterocycles. The van der Waals surface area contributed by atoms with Crippen LogP contribution in [0.25, 0.3) is 0 Å². The van der Waals surface area contributed by atoms with Gasteiger partial charge in [0.05, 0.1) is 5.71 Å². The zero-order chi connectivity index (χ0) is 27.9. The first-order valence-corrected chi connectivity index (χ1v) is 14.5. The second-order valence-corrected chi connectivity index (χ2v) is 13.7. The molecule has 8 nitrogen and oxygen atoms in total. The fraction of sp³-hybridized carbons (Fsp3) is 0.800. The first-order valence-electron chi connectivity index (χ1n) is 14.5. The quantitative estimate of drug-likeness (QED) is 0.259. The number of amides is 1. The number of ketones is 1. The van der Waals surface area contributed by atoms with Crippen LogP contribution in [0.15, 0.2) is 16.8 Å². The van der Waals surface area contributed by atoms with Gasteiger partial charge in [-0.25, -0.2) is 4.79 Å². The van der Waals surface area contributed by atoms with E-state index >= 15 is 0 Å². The van der Waals surface area contributed by atoms with Gasteiger partial charge in [-0.2, -0.15) is 0 Å². The Morgan fingerprint density at radius 3 is 2.55 bits per heavy atom. The van der Waals surface area contributed by atoms with E-state index in [4.69, 9.17) is 4.84 Å². The highest BCUT2D eigenvalue weighted by Gasteiger charge is 2.59. The van der Waals surface area contributed by atoms with Crippen LogP contribution in [0.3, 0.4) is 0 Å². The number of hydrogen-bond acceptors (Lipinski definition) is 6. The third-order valence-corrected chi connectivity index (χ3v) is 10.4. The van der Waals surface area contributed by atoms with Crippen LogP contribution in [0, 0.1) is 34.5 Å². The summed E-state index contributed by atoms with van der Waals surface area (Å²) in [5.74, 6) is 1.36. The second-order valence-electron chi connectivity index (χ2n) is 13.7. The molecule has 3 saturated carbocycles. The molecule has 0 heterocycles. The van der Waals surface area contributed by atoms with Gasteiger partial charge in [-0.1, -0.05) is 24.6 Å². The van der Waals surface area contributed by atoms with Crippen LogP contribution in [0.5, 0.6) is 0 Å². The van der Waals surface area contributed by atoms with Crippen molar-refractivity contribution in [2.75, 3.05) is 19.6 Å². The van der Waals surface area contributed by atoms with Gasteiger partial charge >= 0.3 is 12.1 Å². The first kappa shape index (κ1) is 28.8. The van der Waals surface area contributed by atoms with E-state index in [1.165, 1.54) is 10.5 Å². The average Bonchev–Trinajstić information content (AvgIpc) is 3.18. The molecule has 0 aliphatic heterocycles. The summed E-state index contributed by atoms with van der Waals surface area (Å²) in [5, 5.41) is 16.8. The van der Waals surface area contributed by atoms with Crippen molar-refractivity contribution in [3.05, 3.63) is 11.6 Å². The van der Waals surface area contributed by atoms with Crippen molar-refractivity contribution in [1.29, 1.82) is 0 Å². The predicted octanol–water partition coefficient (Wildman–Crippen LogP) is 5.42. The lowest BCUT2D eigenvalue weighted by atomic mass is 9.46. The van der Waals surface area contributed by atoms with Crippen molar-refractivity contribution < 1.29 is 24.3 Å². The zero-order valence-electron chi connectivity index (χ0n) is 24.1. The number of carbonyl (C=O) groups is 3. The van der Waals surface area contributed by atoms with E-state index in [1.807, 2.05) is 33.8 Å². The number of allylic oxidation sites excluding steroid dienone is 1. The van der Waals surface area contributed by atoms with Gasteiger partial charge in [0.1, 0.15) is 6.54 Å². The molecule has 0 bridgehead atoms. The molecule has 0 aromatic heterocycles. The minimum absolute atomic E-state index is 0.112. The maximum atomic E-state index is 12.8. The third-order valence-electron chi connectivity index (χ3n) is 10.4. The number of hydrogen-bond donors (Lipinski definition) is 2. The van der Waals surface area contributed by atoms with Crippen LogP contribution in [0.4, 0.5) is 4.79 Å². The largest absolute Gasteiger partial charge is 0.480 e. The van der Waals surface area contributed by atoms with Crippen LogP contribution in [0.2, 0.25) is 0 Å². The number of oxime groups is 1. The Balaban J connectivity index is 1.42. The number of fused-ring (bicyclic) bond motifs is 5. The molecule has 38 heavy (non-hydrogen) atoms. The molecule has 4 aliphatic rings. The molecule has 6 atom stereocenters. The summed E-state index contributed by atoms with van der Waals surface area (Å²) in [6.07, 6.45) is 9.56. The number of nitrogens with one attached hydrogen (secondary N) is 1. The van der Waals surface area contributed by atoms with Crippen LogP contribution < -0.4 is 5.32 Å². The molecule has 0 unspecified atom stereocenters. The van der Waals surface area contributed by atoms with Crippen LogP contribution in [-0.2, 0) is 14.4 Å². The number of carboxylic acid groups (broad SMARTS) is 1. The standard InChI is InChI=1S/C30H47N3O5/c1-19(32-38-27(37)33(18-26(35)36)16-15-31-28(2,3)4)23-9-10-24-22-8-7-20-17-21(34)11-13-29(20,5)25(22)12-14-30(23,24)6/h17,22-25,31H,7-16,18H2,1-6H3,(H,35,36)/b32-19+/t22-,23+,24-,25-,29-,30+/m0/s1. The lowest BCUT2D eigenvalue weighted by Gasteiger charge is -2.58. The minimum Gasteiger partial charge on any atom is -0.480 e. The Labute approximate surface area is 227 Å². The van der Waals surface area contributed by atoms with E-state index in [0.717, 1.165) is 50.7 Å². The molecule has 4 aliphatic carbocycles. The molecule has 8 heteroatoms. The number of aliphatic carboxylic acids is 1. The Morgan fingerprint density at radius 1 is 1.13 bits per heavy atom. The molecule has 0 aromatic rings.